The predicted molar refractivity (Wildman–Crippen MR) is 32.3 cm³/mol. The summed E-state index contributed by atoms with van der Waals surface area (Å²) in [6, 6.07) is 2.33. The third-order valence-corrected chi connectivity index (χ3v) is 1.96. The van der Waals surface area contributed by atoms with E-state index >= 15 is 0 Å². The fourth-order valence-corrected chi connectivity index (χ4v) is 1.47. The second-order valence-corrected chi connectivity index (χ2v) is 2.60. The number of rotatable bonds is 0. The van der Waals surface area contributed by atoms with E-state index in [0.717, 1.165) is 12.6 Å². The third kappa shape index (κ3) is 0.644. The van der Waals surface area contributed by atoms with Crippen LogP contribution in [0.4, 0.5) is 0 Å². The molecule has 2 aliphatic heterocycles. The minimum absolute atomic E-state index is 0.811. The standard InChI is InChI=1S/C6H11N2/c1-2-7-6-3-5(1)8-4-6/h5,7-8H,1-4H2. The van der Waals surface area contributed by atoms with Gasteiger partial charge in [0, 0.05) is 12.6 Å². The molecule has 8 heavy (non-hydrogen) atoms. The van der Waals surface area contributed by atoms with E-state index in [4.69, 9.17) is 0 Å². The molecule has 0 saturated carbocycles. The van der Waals surface area contributed by atoms with E-state index < -0.39 is 0 Å². The third-order valence-electron chi connectivity index (χ3n) is 1.96. The second-order valence-electron chi connectivity index (χ2n) is 2.60. The first kappa shape index (κ1) is 4.77. The normalized spacial score (nSPS) is 38.2. The van der Waals surface area contributed by atoms with Crippen molar-refractivity contribution >= 4 is 0 Å². The first-order valence-corrected chi connectivity index (χ1v) is 3.27. The van der Waals surface area contributed by atoms with Gasteiger partial charge in [0.1, 0.15) is 0 Å². The Morgan fingerprint density at radius 3 is 3.25 bits per heavy atom. The van der Waals surface area contributed by atoms with Gasteiger partial charge in [0.05, 0.1) is 6.04 Å². The van der Waals surface area contributed by atoms with Gasteiger partial charge in [-0.25, -0.2) is 0 Å². The summed E-state index contributed by atoms with van der Waals surface area (Å²) in [6.45, 7) is 2.30. The van der Waals surface area contributed by atoms with Crippen molar-refractivity contribution in [3.63, 3.8) is 0 Å². The van der Waals surface area contributed by atoms with E-state index in [1.54, 1.807) is 0 Å². The molecule has 2 saturated heterocycles. The number of piperidine rings is 1. The summed E-state index contributed by atoms with van der Waals surface area (Å²) in [6.07, 6.45) is 2.59. The molecule has 2 heteroatoms. The molecule has 0 aromatic carbocycles. The van der Waals surface area contributed by atoms with Crippen molar-refractivity contribution in [1.29, 1.82) is 0 Å². The monoisotopic (exact) mass is 111 g/mol. The van der Waals surface area contributed by atoms with E-state index in [2.05, 4.69) is 10.6 Å². The fourth-order valence-electron chi connectivity index (χ4n) is 1.47. The quantitative estimate of drug-likeness (QED) is 0.455. The maximum Gasteiger partial charge on any atom is 0.0518 e. The van der Waals surface area contributed by atoms with Crippen LogP contribution in [0.5, 0.6) is 0 Å². The molecule has 0 spiro atoms. The summed E-state index contributed by atoms with van der Waals surface area (Å²) in [5, 5.41) is 6.78. The lowest BCUT2D eigenvalue weighted by molar-refractivity contribution is 0.498. The SMILES string of the molecule is C1CC2C[C](CN2)N1. The maximum atomic E-state index is 3.42. The van der Waals surface area contributed by atoms with E-state index in [1.807, 2.05) is 0 Å². The van der Waals surface area contributed by atoms with E-state index in [0.29, 0.717) is 0 Å². The van der Waals surface area contributed by atoms with Gasteiger partial charge in [-0.05, 0) is 19.4 Å². The predicted octanol–water partition coefficient (Wildman–Crippen LogP) is -0.126. The van der Waals surface area contributed by atoms with Crippen LogP contribution in [0.15, 0.2) is 0 Å². The lowest BCUT2D eigenvalue weighted by Gasteiger charge is -2.17. The summed E-state index contributed by atoms with van der Waals surface area (Å²) in [7, 11) is 0. The van der Waals surface area contributed by atoms with Gasteiger partial charge in [0.2, 0.25) is 0 Å². The number of nitrogens with one attached hydrogen (secondary N) is 2. The van der Waals surface area contributed by atoms with Crippen LogP contribution in [0.1, 0.15) is 12.8 Å². The highest BCUT2D eigenvalue weighted by molar-refractivity contribution is 5.04. The van der Waals surface area contributed by atoms with E-state index in [1.165, 1.54) is 25.4 Å². The van der Waals surface area contributed by atoms with Crippen LogP contribution >= 0.6 is 0 Å². The van der Waals surface area contributed by atoms with Gasteiger partial charge in [-0.2, -0.15) is 0 Å². The van der Waals surface area contributed by atoms with Crippen LogP contribution in [-0.4, -0.2) is 19.1 Å². The highest BCUT2D eigenvalue weighted by Gasteiger charge is 2.27. The summed E-state index contributed by atoms with van der Waals surface area (Å²) < 4.78 is 0. The molecule has 0 aromatic heterocycles. The van der Waals surface area contributed by atoms with E-state index in [9.17, 15) is 0 Å². The minimum Gasteiger partial charge on any atom is -0.312 e. The highest BCUT2D eigenvalue weighted by atomic mass is 15.1. The first-order chi connectivity index (χ1) is 3.95. The zero-order valence-electron chi connectivity index (χ0n) is 4.91. The zero-order valence-corrected chi connectivity index (χ0v) is 4.91. The largest absolute Gasteiger partial charge is 0.312 e. The molecular formula is C6H11N2. The fraction of sp³-hybridized carbons (Fsp3) is 0.833. The van der Waals surface area contributed by atoms with Gasteiger partial charge in [-0.1, -0.05) is 0 Å². The van der Waals surface area contributed by atoms with Crippen LogP contribution in [0, 0.1) is 6.04 Å². The number of fused-ring (bicyclic) bond motifs is 2. The molecule has 1 radical (unpaired) electrons. The topological polar surface area (TPSA) is 24.1 Å². The van der Waals surface area contributed by atoms with Crippen LogP contribution in [0.25, 0.3) is 0 Å². The van der Waals surface area contributed by atoms with Gasteiger partial charge < -0.3 is 10.6 Å². The molecule has 2 fully saturated rings. The number of hydrogen-bond donors (Lipinski definition) is 2. The Labute approximate surface area is 49.7 Å². The molecule has 0 aromatic rings. The van der Waals surface area contributed by atoms with Crippen LogP contribution in [-0.2, 0) is 0 Å². The second kappa shape index (κ2) is 1.71. The van der Waals surface area contributed by atoms with Crippen molar-refractivity contribution < 1.29 is 0 Å². The van der Waals surface area contributed by atoms with Gasteiger partial charge >= 0.3 is 0 Å². The number of hydrogen-bond acceptors (Lipinski definition) is 2. The Morgan fingerprint density at radius 2 is 2.50 bits per heavy atom. The average molecular weight is 111 g/mol. The molecule has 1 unspecified atom stereocenters. The molecular weight excluding hydrogens is 100 g/mol. The zero-order chi connectivity index (χ0) is 5.40. The molecule has 0 amide bonds. The lowest BCUT2D eigenvalue weighted by Crippen LogP contribution is -2.29. The molecule has 0 aliphatic carbocycles. The Kier molecular flexibility index (Phi) is 1.02. The smallest absolute Gasteiger partial charge is 0.0518 e. The Balaban J connectivity index is 2.03. The van der Waals surface area contributed by atoms with Crippen molar-refractivity contribution in [2.24, 2.45) is 0 Å². The van der Waals surface area contributed by atoms with Crippen LogP contribution < -0.4 is 10.6 Å². The van der Waals surface area contributed by atoms with Gasteiger partial charge in [-0.3, -0.25) is 0 Å². The van der Waals surface area contributed by atoms with Gasteiger partial charge in [0.25, 0.3) is 0 Å². The Hall–Kier alpha value is -0.0800. The van der Waals surface area contributed by atoms with Crippen molar-refractivity contribution in [1.82, 2.24) is 10.6 Å². The Morgan fingerprint density at radius 1 is 1.50 bits per heavy atom. The summed E-state index contributed by atoms with van der Waals surface area (Å²) in [4.78, 5) is 0. The summed E-state index contributed by atoms with van der Waals surface area (Å²) in [5.74, 6) is 0. The molecule has 2 aliphatic rings. The van der Waals surface area contributed by atoms with E-state index in [-0.39, 0.29) is 0 Å². The Bertz CT molecular complexity index is 78.5. The summed E-state index contributed by atoms with van der Waals surface area (Å²) >= 11 is 0. The molecule has 1 atom stereocenters. The van der Waals surface area contributed by atoms with Crippen LogP contribution in [0.2, 0.25) is 0 Å². The van der Waals surface area contributed by atoms with Crippen molar-refractivity contribution in [2.45, 2.75) is 18.9 Å². The molecule has 2 rings (SSSR count). The summed E-state index contributed by atoms with van der Waals surface area (Å²) in [5.41, 5.74) is 0. The van der Waals surface area contributed by atoms with Gasteiger partial charge in [-0.15, -0.1) is 0 Å². The van der Waals surface area contributed by atoms with Crippen molar-refractivity contribution in [3.05, 3.63) is 6.04 Å². The first-order valence-electron chi connectivity index (χ1n) is 3.27. The van der Waals surface area contributed by atoms with Crippen LogP contribution in [0.3, 0.4) is 0 Å². The molecule has 45 valence electrons. The molecule has 2 heterocycles. The van der Waals surface area contributed by atoms with Crippen molar-refractivity contribution in [2.75, 3.05) is 13.1 Å². The maximum absolute atomic E-state index is 3.42. The van der Waals surface area contributed by atoms with Crippen molar-refractivity contribution in [3.8, 4) is 0 Å². The lowest BCUT2D eigenvalue weighted by atomic mass is 10.1. The minimum atomic E-state index is 0.811. The molecule has 2 N–H and O–H groups in total. The highest BCUT2D eigenvalue weighted by Crippen LogP contribution is 2.19. The average Bonchev–Trinajstić information content (AvgIpc) is 2.12. The molecule has 2 bridgehead atoms. The molecule has 2 nitrogen and oxygen atoms in total. The van der Waals surface area contributed by atoms with Gasteiger partial charge in [0.15, 0.2) is 0 Å².